The Morgan fingerprint density at radius 3 is 2.40 bits per heavy atom. The fraction of sp³-hybridized carbons (Fsp3) is 0.632. The Balaban J connectivity index is 1.63. The molecular formula is C19H26N2O3S. The molecule has 5 nitrogen and oxygen atoms in total. The Morgan fingerprint density at radius 2 is 1.68 bits per heavy atom. The smallest absolute Gasteiger partial charge is 0.243 e. The summed E-state index contributed by atoms with van der Waals surface area (Å²) < 4.78 is 27.2. The van der Waals surface area contributed by atoms with E-state index in [1.807, 2.05) is 11.0 Å². The van der Waals surface area contributed by atoms with Crippen molar-refractivity contribution in [2.24, 2.45) is 5.92 Å². The van der Waals surface area contributed by atoms with Gasteiger partial charge in [0.25, 0.3) is 0 Å². The Hall–Kier alpha value is -1.40. The van der Waals surface area contributed by atoms with Gasteiger partial charge in [-0.2, -0.15) is 4.31 Å². The van der Waals surface area contributed by atoms with Crippen molar-refractivity contribution in [1.82, 2.24) is 4.31 Å². The van der Waals surface area contributed by atoms with Gasteiger partial charge in [0, 0.05) is 31.2 Å². The lowest BCUT2D eigenvalue weighted by Gasteiger charge is -2.32. The Morgan fingerprint density at radius 1 is 0.960 bits per heavy atom. The molecule has 1 aliphatic carbocycles. The van der Waals surface area contributed by atoms with E-state index in [1.54, 1.807) is 16.4 Å². The molecule has 2 heterocycles. The quantitative estimate of drug-likeness (QED) is 0.831. The number of carbonyl (C=O) groups excluding carboxylic acids is 1. The highest BCUT2D eigenvalue weighted by molar-refractivity contribution is 7.89. The number of benzene rings is 1. The molecule has 1 saturated heterocycles. The molecular weight excluding hydrogens is 336 g/mol. The molecule has 0 unspecified atom stereocenters. The first-order valence-electron chi connectivity index (χ1n) is 9.52. The number of sulfonamides is 1. The standard InChI is InChI=1S/C19H26N2O3S/c22-19(15-6-1-2-7-15)21-13-5-8-16-14-17(9-10-18(16)21)25(23,24)20-11-3-4-12-20/h9-10,14-15H,1-8,11-13H2. The molecule has 4 rings (SSSR count). The van der Waals surface area contributed by atoms with Crippen LogP contribution in [-0.2, 0) is 21.2 Å². The number of amides is 1. The van der Waals surface area contributed by atoms with E-state index in [0.29, 0.717) is 18.0 Å². The summed E-state index contributed by atoms with van der Waals surface area (Å²) in [7, 11) is -3.40. The third kappa shape index (κ3) is 3.10. The van der Waals surface area contributed by atoms with Crippen molar-refractivity contribution in [2.75, 3.05) is 24.5 Å². The fourth-order valence-corrected chi connectivity index (χ4v) is 6.00. The molecule has 1 aromatic rings. The predicted molar refractivity (Wildman–Crippen MR) is 97.1 cm³/mol. The number of hydrogen-bond donors (Lipinski definition) is 0. The number of rotatable bonds is 3. The zero-order chi connectivity index (χ0) is 17.4. The van der Waals surface area contributed by atoms with Crippen molar-refractivity contribution in [2.45, 2.75) is 56.3 Å². The maximum Gasteiger partial charge on any atom is 0.243 e. The maximum atomic E-state index is 12.9. The third-order valence-corrected chi connectivity index (χ3v) is 7.74. The Kier molecular flexibility index (Phi) is 4.58. The molecule has 1 saturated carbocycles. The zero-order valence-corrected chi connectivity index (χ0v) is 15.4. The number of carbonyl (C=O) groups is 1. The van der Waals surface area contributed by atoms with Crippen molar-refractivity contribution in [3.8, 4) is 0 Å². The second kappa shape index (κ2) is 6.72. The minimum atomic E-state index is -3.40. The van der Waals surface area contributed by atoms with Crippen molar-refractivity contribution in [3.63, 3.8) is 0 Å². The number of fused-ring (bicyclic) bond motifs is 1. The van der Waals surface area contributed by atoms with Crippen LogP contribution in [0.5, 0.6) is 0 Å². The van der Waals surface area contributed by atoms with E-state index in [9.17, 15) is 13.2 Å². The molecule has 25 heavy (non-hydrogen) atoms. The first-order valence-corrected chi connectivity index (χ1v) is 11.0. The summed E-state index contributed by atoms with van der Waals surface area (Å²) in [5.74, 6) is 0.382. The number of anilines is 1. The van der Waals surface area contributed by atoms with Crippen LogP contribution in [0.1, 0.15) is 50.5 Å². The summed E-state index contributed by atoms with van der Waals surface area (Å²) in [6.45, 7) is 1.98. The van der Waals surface area contributed by atoms with Crippen molar-refractivity contribution in [3.05, 3.63) is 23.8 Å². The van der Waals surface area contributed by atoms with Crippen LogP contribution in [0.2, 0.25) is 0 Å². The topological polar surface area (TPSA) is 57.7 Å². The highest BCUT2D eigenvalue weighted by atomic mass is 32.2. The minimum Gasteiger partial charge on any atom is -0.312 e. The van der Waals surface area contributed by atoms with Gasteiger partial charge >= 0.3 is 0 Å². The first-order chi connectivity index (χ1) is 12.1. The van der Waals surface area contributed by atoms with E-state index in [0.717, 1.165) is 69.2 Å². The fourth-order valence-electron chi connectivity index (χ4n) is 4.43. The maximum absolute atomic E-state index is 12.9. The summed E-state index contributed by atoms with van der Waals surface area (Å²) in [5, 5.41) is 0. The van der Waals surface area contributed by atoms with Gasteiger partial charge in [-0.15, -0.1) is 0 Å². The second-order valence-corrected chi connectivity index (χ2v) is 9.41. The zero-order valence-electron chi connectivity index (χ0n) is 14.6. The third-order valence-electron chi connectivity index (χ3n) is 5.84. The van der Waals surface area contributed by atoms with Gasteiger partial charge in [0.1, 0.15) is 0 Å². The number of nitrogens with zero attached hydrogens (tertiary/aromatic N) is 2. The molecule has 0 bridgehead atoms. The van der Waals surface area contributed by atoms with Crippen molar-refractivity contribution in [1.29, 1.82) is 0 Å². The lowest BCUT2D eigenvalue weighted by atomic mass is 9.99. The molecule has 0 aromatic heterocycles. The van der Waals surface area contributed by atoms with Crippen LogP contribution >= 0.6 is 0 Å². The van der Waals surface area contributed by atoms with Crippen LogP contribution in [0, 0.1) is 5.92 Å². The summed E-state index contributed by atoms with van der Waals surface area (Å²) in [6.07, 6.45) is 7.89. The van der Waals surface area contributed by atoms with E-state index in [-0.39, 0.29) is 11.8 Å². The molecule has 0 radical (unpaired) electrons. The molecule has 0 spiro atoms. The molecule has 3 aliphatic rings. The van der Waals surface area contributed by atoms with Crippen molar-refractivity contribution >= 4 is 21.6 Å². The largest absolute Gasteiger partial charge is 0.312 e. The summed E-state index contributed by atoms with van der Waals surface area (Å²) >= 11 is 0. The molecule has 1 aromatic carbocycles. The lowest BCUT2D eigenvalue weighted by molar-refractivity contribution is -0.122. The van der Waals surface area contributed by atoms with E-state index in [4.69, 9.17) is 0 Å². The average Bonchev–Trinajstić information content (AvgIpc) is 3.33. The Bertz CT molecular complexity index is 763. The van der Waals surface area contributed by atoms with Crippen molar-refractivity contribution < 1.29 is 13.2 Å². The van der Waals surface area contributed by atoms with Gasteiger partial charge in [-0.05, 0) is 62.3 Å². The Labute approximate surface area is 150 Å². The van der Waals surface area contributed by atoms with Gasteiger partial charge < -0.3 is 4.90 Å². The summed E-state index contributed by atoms with van der Waals surface area (Å²) in [4.78, 5) is 15.1. The lowest BCUT2D eigenvalue weighted by Crippen LogP contribution is -2.39. The molecule has 0 N–H and O–H groups in total. The number of hydrogen-bond acceptors (Lipinski definition) is 3. The molecule has 2 aliphatic heterocycles. The van der Waals surface area contributed by atoms with Gasteiger partial charge in [-0.3, -0.25) is 4.79 Å². The monoisotopic (exact) mass is 362 g/mol. The second-order valence-electron chi connectivity index (χ2n) is 7.48. The van der Waals surface area contributed by atoms with Gasteiger partial charge in [-0.1, -0.05) is 12.8 Å². The molecule has 2 fully saturated rings. The van der Waals surface area contributed by atoms with Gasteiger partial charge in [0.05, 0.1) is 4.90 Å². The molecule has 6 heteroatoms. The number of aryl methyl sites for hydroxylation is 1. The molecule has 1 amide bonds. The van der Waals surface area contributed by atoms with Crippen LogP contribution in [-0.4, -0.2) is 38.3 Å². The molecule has 0 atom stereocenters. The predicted octanol–water partition coefficient (Wildman–Crippen LogP) is 2.94. The minimum absolute atomic E-state index is 0.152. The van der Waals surface area contributed by atoms with Gasteiger partial charge in [-0.25, -0.2) is 8.42 Å². The van der Waals surface area contributed by atoms with E-state index in [1.165, 1.54) is 0 Å². The average molecular weight is 362 g/mol. The first kappa shape index (κ1) is 17.0. The highest BCUT2D eigenvalue weighted by Gasteiger charge is 2.32. The van der Waals surface area contributed by atoms with E-state index in [2.05, 4.69) is 0 Å². The van der Waals surface area contributed by atoms with E-state index < -0.39 is 10.0 Å². The van der Waals surface area contributed by atoms with Gasteiger partial charge in [0.15, 0.2) is 0 Å². The normalized spacial score (nSPS) is 22.3. The van der Waals surface area contributed by atoms with Crippen LogP contribution in [0.25, 0.3) is 0 Å². The van der Waals surface area contributed by atoms with Crippen LogP contribution < -0.4 is 4.90 Å². The van der Waals surface area contributed by atoms with E-state index >= 15 is 0 Å². The van der Waals surface area contributed by atoms with Gasteiger partial charge in [0.2, 0.25) is 15.9 Å². The summed E-state index contributed by atoms with van der Waals surface area (Å²) in [6, 6.07) is 5.34. The highest BCUT2D eigenvalue weighted by Crippen LogP contribution is 2.34. The van der Waals surface area contributed by atoms with Crippen LogP contribution in [0.3, 0.4) is 0 Å². The molecule has 136 valence electrons. The van der Waals surface area contributed by atoms with Crippen LogP contribution in [0.15, 0.2) is 23.1 Å². The van der Waals surface area contributed by atoms with Crippen LogP contribution in [0.4, 0.5) is 5.69 Å². The summed E-state index contributed by atoms with van der Waals surface area (Å²) in [5.41, 5.74) is 1.92. The SMILES string of the molecule is O=C(C1CCCC1)N1CCCc2cc(S(=O)(=O)N3CCCC3)ccc21.